The van der Waals surface area contributed by atoms with E-state index in [1.54, 1.807) is 58.0 Å². The summed E-state index contributed by atoms with van der Waals surface area (Å²) in [5.41, 5.74) is 2.97. The van der Waals surface area contributed by atoms with E-state index in [9.17, 15) is 14.3 Å². The Morgan fingerprint density at radius 3 is 2.56 bits per heavy atom. The number of hydrogen-bond donors (Lipinski definition) is 3. The predicted molar refractivity (Wildman–Crippen MR) is 163 cm³/mol. The minimum absolute atomic E-state index is 0. The zero-order valence-corrected chi connectivity index (χ0v) is 24.7. The lowest BCUT2D eigenvalue weighted by atomic mass is 9.92. The van der Waals surface area contributed by atoms with E-state index in [4.69, 9.17) is 10.00 Å². The van der Waals surface area contributed by atoms with Crippen molar-refractivity contribution in [1.29, 1.82) is 5.26 Å². The summed E-state index contributed by atoms with van der Waals surface area (Å²) in [7, 11) is 0. The highest BCUT2D eigenvalue weighted by Crippen LogP contribution is 2.30. The molecule has 2 amide bonds. The lowest BCUT2D eigenvalue weighted by Gasteiger charge is -2.14. The van der Waals surface area contributed by atoms with Gasteiger partial charge in [0.25, 0.3) is 0 Å². The molecule has 10 nitrogen and oxygen atoms in total. The topological polar surface area (TPSA) is 130 Å². The van der Waals surface area contributed by atoms with Gasteiger partial charge in [-0.25, -0.2) is 13.9 Å². The minimum Gasteiger partial charge on any atom is -0.457 e. The van der Waals surface area contributed by atoms with E-state index in [1.807, 2.05) is 26.8 Å². The van der Waals surface area contributed by atoms with E-state index in [2.05, 4.69) is 26.9 Å². The average Bonchev–Trinajstić information content (AvgIpc) is 3.57. The molecule has 0 radical (unpaired) electrons. The number of rotatable bonds is 8. The van der Waals surface area contributed by atoms with Crippen molar-refractivity contribution in [2.75, 3.05) is 11.9 Å². The summed E-state index contributed by atoms with van der Waals surface area (Å²) in [5.74, 6) is 0.878. The van der Waals surface area contributed by atoms with Crippen molar-refractivity contribution in [3.63, 3.8) is 0 Å². The number of aliphatic hydroxyl groups is 1. The van der Waals surface area contributed by atoms with Crippen LogP contribution in [0.25, 0.3) is 16.6 Å². The fourth-order valence-corrected chi connectivity index (χ4v) is 4.36. The largest absolute Gasteiger partial charge is 0.457 e. The van der Waals surface area contributed by atoms with Crippen LogP contribution >= 0.6 is 12.4 Å². The Balaban J connectivity index is 0.00000423. The van der Waals surface area contributed by atoms with Gasteiger partial charge in [-0.3, -0.25) is 10.00 Å². The number of aliphatic hydroxyl groups excluding tert-OH is 1. The number of fused-ring (bicyclic) bond motifs is 1. The standard InChI is InChI=1S/C31H30FN7O3.ClH/c1-31(2,3)28-16-29(39(37-28)24-7-4-20(17-33)5-8-24)36-30(41)34-18-22-14-23(32)6-11-27(22)42-25-9-10-26-21(15-25)19-35-38(26)12-13-40;/h4-11,14-16,19,40H,12-13,18H2,1-3H3,(H2,34,36,41);1H. The Morgan fingerprint density at radius 1 is 1.09 bits per heavy atom. The third kappa shape index (κ3) is 7.12. The fraction of sp³-hybridized carbons (Fsp3) is 0.226. The Morgan fingerprint density at radius 2 is 1.86 bits per heavy atom. The van der Waals surface area contributed by atoms with Crippen LogP contribution in [0.15, 0.2) is 72.9 Å². The first kappa shape index (κ1) is 31.0. The van der Waals surface area contributed by atoms with Gasteiger partial charge in [-0.2, -0.15) is 15.5 Å². The summed E-state index contributed by atoms with van der Waals surface area (Å²) in [5, 5.41) is 33.8. The number of urea groups is 1. The summed E-state index contributed by atoms with van der Waals surface area (Å²) in [6.07, 6.45) is 1.68. The Labute approximate surface area is 254 Å². The maximum atomic E-state index is 14.2. The third-order valence-electron chi connectivity index (χ3n) is 6.58. The van der Waals surface area contributed by atoms with Crippen molar-refractivity contribution in [2.24, 2.45) is 0 Å². The van der Waals surface area contributed by atoms with E-state index in [1.165, 1.54) is 18.2 Å². The number of nitrogens with zero attached hydrogens (tertiary/aromatic N) is 5. The van der Waals surface area contributed by atoms with Gasteiger partial charge in [-0.05, 0) is 60.7 Å². The molecule has 12 heteroatoms. The smallest absolute Gasteiger partial charge is 0.320 e. The molecule has 0 spiro atoms. The second-order valence-corrected chi connectivity index (χ2v) is 10.7. The first-order valence-corrected chi connectivity index (χ1v) is 13.3. The number of ether oxygens (including phenoxy) is 1. The van der Waals surface area contributed by atoms with Gasteiger partial charge in [0, 0.05) is 29.0 Å². The summed E-state index contributed by atoms with van der Waals surface area (Å²) in [4.78, 5) is 13.0. The second kappa shape index (κ2) is 12.9. The first-order valence-electron chi connectivity index (χ1n) is 13.3. The van der Waals surface area contributed by atoms with Crippen LogP contribution in [-0.2, 0) is 18.5 Å². The van der Waals surface area contributed by atoms with Crippen molar-refractivity contribution in [3.05, 3.63) is 95.6 Å². The van der Waals surface area contributed by atoms with Crippen molar-refractivity contribution in [1.82, 2.24) is 24.9 Å². The van der Waals surface area contributed by atoms with Gasteiger partial charge in [0.1, 0.15) is 23.1 Å². The number of nitriles is 1. The summed E-state index contributed by atoms with van der Waals surface area (Å²) >= 11 is 0. The number of hydrogen-bond acceptors (Lipinski definition) is 6. The van der Waals surface area contributed by atoms with Crippen molar-refractivity contribution in [3.8, 4) is 23.3 Å². The van der Waals surface area contributed by atoms with E-state index < -0.39 is 11.8 Å². The molecule has 222 valence electrons. The number of anilines is 1. The van der Waals surface area contributed by atoms with Crippen LogP contribution in [0.4, 0.5) is 15.0 Å². The Bertz CT molecular complexity index is 1790. The summed E-state index contributed by atoms with van der Waals surface area (Å²) in [6, 6.07) is 19.8. The molecule has 0 saturated heterocycles. The van der Waals surface area contributed by atoms with Crippen LogP contribution in [0.3, 0.4) is 0 Å². The molecule has 5 rings (SSSR count). The number of aromatic nitrogens is 4. The molecule has 0 bridgehead atoms. The highest BCUT2D eigenvalue weighted by molar-refractivity contribution is 5.88. The first-order chi connectivity index (χ1) is 20.1. The molecule has 0 fully saturated rings. The van der Waals surface area contributed by atoms with Gasteiger partial charge < -0.3 is 15.2 Å². The van der Waals surface area contributed by atoms with Crippen molar-refractivity contribution < 1.29 is 19.0 Å². The molecule has 0 aliphatic carbocycles. The molecular formula is C31H31ClFN7O3. The van der Waals surface area contributed by atoms with Crippen molar-refractivity contribution in [2.45, 2.75) is 39.3 Å². The molecule has 2 aromatic heterocycles. The number of nitrogens with one attached hydrogen (secondary N) is 2. The van der Waals surface area contributed by atoms with Crippen molar-refractivity contribution >= 4 is 35.2 Å². The number of benzene rings is 3. The van der Waals surface area contributed by atoms with Gasteiger partial charge in [0.2, 0.25) is 0 Å². The van der Waals surface area contributed by atoms with E-state index in [0.717, 1.165) is 16.6 Å². The molecule has 43 heavy (non-hydrogen) atoms. The molecule has 2 heterocycles. The van der Waals surface area contributed by atoms with Gasteiger partial charge in [-0.15, -0.1) is 12.4 Å². The van der Waals surface area contributed by atoms with Crippen LogP contribution in [0.5, 0.6) is 11.5 Å². The molecule has 3 N–H and O–H groups in total. The van der Waals surface area contributed by atoms with Crippen LogP contribution < -0.4 is 15.4 Å². The third-order valence-corrected chi connectivity index (χ3v) is 6.58. The number of halogens is 2. The second-order valence-electron chi connectivity index (χ2n) is 10.7. The maximum Gasteiger partial charge on any atom is 0.320 e. The average molecular weight is 604 g/mol. The van der Waals surface area contributed by atoms with Gasteiger partial charge in [0.15, 0.2) is 0 Å². The predicted octanol–water partition coefficient (Wildman–Crippen LogP) is 6.06. The van der Waals surface area contributed by atoms with Gasteiger partial charge in [0.05, 0.1) is 47.9 Å². The lowest BCUT2D eigenvalue weighted by molar-refractivity contribution is 0.251. The highest BCUT2D eigenvalue weighted by Gasteiger charge is 2.22. The number of carbonyl (C=O) groups excluding carboxylic acids is 1. The quantitative estimate of drug-likeness (QED) is 0.198. The Hall–Kier alpha value is -4.92. The molecule has 5 aromatic rings. The molecule has 0 aliphatic rings. The molecular weight excluding hydrogens is 573 g/mol. The lowest BCUT2D eigenvalue weighted by Crippen LogP contribution is -2.29. The number of amides is 2. The van der Waals surface area contributed by atoms with Crippen LogP contribution in [0, 0.1) is 17.1 Å². The minimum atomic E-state index is -0.516. The van der Waals surface area contributed by atoms with Gasteiger partial charge >= 0.3 is 6.03 Å². The normalized spacial score (nSPS) is 11.1. The monoisotopic (exact) mass is 603 g/mol. The zero-order chi connectivity index (χ0) is 29.9. The Kier molecular flexibility index (Phi) is 9.34. The fourth-order valence-electron chi connectivity index (χ4n) is 4.36. The molecule has 0 aliphatic heterocycles. The van der Waals surface area contributed by atoms with Crippen LogP contribution in [-0.4, -0.2) is 37.3 Å². The molecule has 0 atom stereocenters. The highest BCUT2D eigenvalue weighted by atomic mass is 35.5. The van der Waals surface area contributed by atoms with Gasteiger partial charge in [-0.1, -0.05) is 20.8 Å². The van der Waals surface area contributed by atoms with E-state index in [-0.39, 0.29) is 31.0 Å². The van der Waals surface area contributed by atoms with E-state index >= 15 is 0 Å². The molecule has 0 saturated carbocycles. The maximum absolute atomic E-state index is 14.2. The zero-order valence-electron chi connectivity index (χ0n) is 23.8. The molecule has 3 aromatic carbocycles. The van der Waals surface area contributed by atoms with Crippen LogP contribution in [0.1, 0.15) is 37.6 Å². The number of carbonyl (C=O) groups is 1. The SMILES string of the molecule is CC(C)(C)c1cc(NC(=O)NCc2cc(F)ccc2Oc2ccc3c(cnn3CCO)c2)n(-c2ccc(C#N)cc2)n1.Cl. The molecule has 0 unspecified atom stereocenters. The van der Waals surface area contributed by atoms with Crippen LogP contribution in [0.2, 0.25) is 0 Å². The van der Waals surface area contributed by atoms with E-state index in [0.29, 0.717) is 40.7 Å². The summed E-state index contributed by atoms with van der Waals surface area (Å²) in [6.45, 7) is 6.41. The summed E-state index contributed by atoms with van der Waals surface area (Å²) < 4.78 is 23.6.